The summed E-state index contributed by atoms with van der Waals surface area (Å²) >= 11 is 0. The number of methoxy groups -OCH3 is 1. The summed E-state index contributed by atoms with van der Waals surface area (Å²) < 4.78 is 5.53. The fourth-order valence-electron chi connectivity index (χ4n) is 2.33. The predicted molar refractivity (Wildman–Crippen MR) is 81.1 cm³/mol. The Kier molecular flexibility index (Phi) is 6.49. The molecule has 0 aliphatic carbocycles. The first-order valence-corrected chi connectivity index (χ1v) is 7.05. The summed E-state index contributed by atoms with van der Waals surface area (Å²) in [4.78, 5) is 2.43. The van der Waals surface area contributed by atoms with Crippen LogP contribution in [0.15, 0.2) is 30.3 Å². The fourth-order valence-corrected chi connectivity index (χ4v) is 2.33. The average Bonchev–Trinajstić information content (AvgIpc) is 2.43. The van der Waals surface area contributed by atoms with Crippen molar-refractivity contribution >= 4 is 0 Å². The standard InChI is InChI=1S/C16H28N2O/c1-5-18(13-14-9-7-6-8-10-14)15(12-17)11-16(2,3)19-4/h6-10,15H,5,11-13,17H2,1-4H3. The lowest BCUT2D eigenvalue weighted by molar-refractivity contribution is -0.00816. The van der Waals surface area contributed by atoms with Crippen LogP contribution in [0.2, 0.25) is 0 Å². The van der Waals surface area contributed by atoms with Crippen molar-refractivity contribution < 1.29 is 4.74 Å². The van der Waals surface area contributed by atoms with Crippen molar-refractivity contribution in [2.24, 2.45) is 5.73 Å². The van der Waals surface area contributed by atoms with Crippen molar-refractivity contribution in [2.45, 2.75) is 45.4 Å². The lowest BCUT2D eigenvalue weighted by Gasteiger charge is -2.35. The molecule has 0 fully saturated rings. The first-order valence-electron chi connectivity index (χ1n) is 7.05. The van der Waals surface area contributed by atoms with Gasteiger partial charge >= 0.3 is 0 Å². The minimum Gasteiger partial charge on any atom is -0.379 e. The number of nitrogens with zero attached hydrogens (tertiary/aromatic N) is 1. The molecule has 0 saturated heterocycles. The maximum absolute atomic E-state index is 5.97. The summed E-state index contributed by atoms with van der Waals surface area (Å²) in [7, 11) is 1.76. The van der Waals surface area contributed by atoms with Crippen LogP contribution in [0.4, 0.5) is 0 Å². The Morgan fingerprint density at radius 1 is 1.26 bits per heavy atom. The second kappa shape index (κ2) is 7.63. The van der Waals surface area contributed by atoms with Crippen LogP contribution < -0.4 is 5.73 Å². The van der Waals surface area contributed by atoms with Gasteiger partial charge in [0, 0.05) is 26.2 Å². The molecule has 1 unspecified atom stereocenters. The molecule has 0 aliphatic rings. The van der Waals surface area contributed by atoms with Crippen molar-refractivity contribution in [3.8, 4) is 0 Å². The molecule has 0 saturated carbocycles. The third kappa shape index (κ3) is 5.31. The number of benzene rings is 1. The highest BCUT2D eigenvalue weighted by atomic mass is 16.5. The molecule has 3 nitrogen and oxygen atoms in total. The summed E-state index contributed by atoms with van der Waals surface area (Å²) in [6, 6.07) is 10.9. The van der Waals surface area contributed by atoms with Crippen LogP contribution in [-0.2, 0) is 11.3 Å². The molecule has 0 heterocycles. The molecule has 0 aromatic heterocycles. The SMILES string of the molecule is CCN(Cc1ccccc1)C(CN)CC(C)(C)OC. The minimum absolute atomic E-state index is 0.131. The maximum Gasteiger partial charge on any atom is 0.0638 e. The van der Waals surface area contributed by atoms with Gasteiger partial charge in [0.1, 0.15) is 0 Å². The number of hydrogen-bond donors (Lipinski definition) is 1. The molecular formula is C16H28N2O. The van der Waals surface area contributed by atoms with Gasteiger partial charge in [-0.15, -0.1) is 0 Å². The second-order valence-corrected chi connectivity index (χ2v) is 5.61. The molecule has 0 radical (unpaired) electrons. The van der Waals surface area contributed by atoms with Crippen LogP contribution in [0.3, 0.4) is 0 Å². The highest BCUT2D eigenvalue weighted by molar-refractivity contribution is 5.14. The lowest BCUT2D eigenvalue weighted by Crippen LogP contribution is -2.44. The molecule has 108 valence electrons. The van der Waals surface area contributed by atoms with E-state index < -0.39 is 0 Å². The zero-order chi connectivity index (χ0) is 14.3. The van der Waals surface area contributed by atoms with Gasteiger partial charge in [-0.05, 0) is 32.4 Å². The Balaban J connectivity index is 2.70. The van der Waals surface area contributed by atoms with Gasteiger partial charge in [-0.3, -0.25) is 4.90 Å². The van der Waals surface area contributed by atoms with Crippen LogP contribution in [0.25, 0.3) is 0 Å². The van der Waals surface area contributed by atoms with E-state index in [2.05, 4.69) is 49.9 Å². The molecule has 1 aromatic rings. The molecule has 2 N–H and O–H groups in total. The third-order valence-electron chi connectivity index (χ3n) is 3.70. The molecule has 0 spiro atoms. The van der Waals surface area contributed by atoms with Crippen LogP contribution in [0.1, 0.15) is 32.8 Å². The fraction of sp³-hybridized carbons (Fsp3) is 0.625. The molecule has 3 heteroatoms. The van der Waals surface area contributed by atoms with Crippen LogP contribution in [0, 0.1) is 0 Å². The first kappa shape index (κ1) is 16.2. The molecular weight excluding hydrogens is 236 g/mol. The van der Waals surface area contributed by atoms with E-state index in [1.165, 1.54) is 5.56 Å². The average molecular weight is 264 g/mol. The lowest BCUT2D eigenvalue weighted by atomic mass is 9.97. The number of likely N-dealkylation sites (N-methyl/N-ethyl adjacent to an activating group) is 1. The van der Waals surface area contributed by atoms with Gasteiger partial charge in [-0.1, -0.05) is 37.3 Å². The highest BCUT2D eigenvalue weighted by Crippen LogP contribution is 2.20. The molecule has 1 atom stereocenters. The molecule has 19 heavy (non-hydrogen) atoms. The van der Waals surface area contributed by atoms with E-state index in [1.54, 1.807) is 7.11 Å². The Bertz CT molecular complexity index is 351. The summed E-state index contributed by atoms with van der Waals surface area (Å²) in [6.45, 7) is 9.02. The first-order chi connectivity index (χ1) is 9.02. The van der Waals surface area contributed by atoms with Crippen molar-refractivity contribution in [2.75, 3.05) is 20.2 Å². The van der Waals surface area contributed by atoms with E-state index in [4.69, 9.17) is 10.5 Å². The number of nitrogens with two attached hydrogens (primary N) is 1. The predicted octanol–water partition coefficient (Wildman–Crippen LogP) is 2.65. The highest BCUT2D eigenvalue weighted by Gasteiger charge is 2.25. The maximum atomic E-state index is 5.97. The van der Waals surface area contributed by atoms with Crippen LogP contribution >= 0.6 is 0 Å². The van der Waals surface area contributed by atoms with Gasteiger partial charge in [0.25, 0.3) is 0 Å². The van der Waals surface area contributed by atoms with Crippen molar-refractivity contribution in [3.63, 3.8) is 0 Å². The number of rotatable bonds is 8. The molecule has 1 rings (SSSR count). The molecule has 0 bridgehead atoms. The topological polar surface area (TPSA) is 38.5 Å². The number of hydrogen-bond acceptors (Lipinski definition) is 3. The van der Waals surface area contributed by atoms with E-state index in [-0.39, 0.29) is 5.60 Å². The Labute approximate surface area is 117 Å². The van der Waals surface area contributed by atoms with E-state index in [1.807, 2.05) is 6.07 Å². The van der Waals surface area contributed by atoms with Crippen LogP contribution in [-0.4, -0.2) is 36.7 Å². The summed E-state index contributed by atoms with van der Waals surface area (Å²) in [5.74, 6) is 0. The summed E-state index contributed by atoms with van der Waals surface area (Å²) in [5.41, 5.74) is 7.17. The Hall–Kier alpha value is -0.900. The van der Waals surface area contributed by atoms with E-state index >= 15 is 0 Å². The van der Waals surface area contributed by atoms with Gasteiger partial charge in [0.15, 0.2) is 0 Å². The van der Waals surface area contributed by atoms with E-state index in [9.17, 15) is 0 Å². The van der Waals surface area contributed by atoms with Gasteiger partial charge in [0.05, 0.1) is 5.60 Å². The van der Waals surface area contributed by atoms with E-state index in [0.29, 0.717) is 12.6 Å². The minimum atomic E-state index is -0.131. The van der Waals surface area contributed by atoms with Crippen molar-refractivity contribution in [1.29, 1.82) is 0 Å². The van der Waals surface area contributed by atoms with E-state index in [0.717, 1.165) is 19.5 Å². The zero-order valence-corrected chi connectivity index (χ0v) is 12.7. The summed E-state index contributed by atoms with van der Waals surface area (Å²) in [6.07, 6.45) is 0.945. The van der Waals surface area contributed by atoms with Gasteiger partial charge in [-0.25, -0.2) is 0 Å². The van der Waals surface area contributed by atoms with Gasteiger partial charge in [0.2, 0.25) is 0 Å². The quantitative estimate of drug-likeness (QED) is 0.784. The summed E-state index contributed by atoms with van der Waals surface area (Å²) in [5, 5.41) is 0. The zero-order valence-electron chi connectivity index (χ0n) is 12.7. The van der Waals surface area contributed by atoms with Crippen LogP contribution in [0.5, 0.6) is 0 Å². The molecule has 0 amide bonds. The smallest absolute Gasteiger partial charge is 0.0638 e. The van der Waals surface area contributed by atoms with Gasteiger partial charge < -0.3 is 10.5 Å². The van der Waals surface area contributed by atoms with Crippen molar-refractivity contribution in [3.05, 3.63) is 35.9 Å². The van der Waals surface area contributed by atoms with Crippen molar-refractivity contribution in [1.82, 2.24) is 4.90 Å². The normalized spacial score (nSPS) is 13.8. The van der Waals surface area contributed by atoms with Gasteiger partial charge in [-0.2, -0.15) is 0 Å². The largest absolute Gasteiger partial charge is 0.379 e. The monoisotopic (exact) mass is 264 g/mol. The third-order valence-corrected chi connectivity index (χ3v) is 3.70. The second-order valence-electron chi connectivity index (χ2n) is 5.61. The molecule has 0 aliphatic heterocycles. The number of ether oxygens (including phenoxy) is 1. The molecule has 1 aromatic carbocycles. The Morgan fingerprint density at radius 3 is 2.37 bits per heavy atom. The Morgan fingerprint density at radius 2 is 1.89 bits per heavy atom.